The summed E-state index contributed by atoms with van der Waals surface area (Å²) in [6.45, 7) is 6.08. The van der Waals surface area contributed by atoms with Crippen molar-refractivity contribution in [3.05, 3.63) is 55.5 Å². The third-order valence-corrected chi connectivity index (χ3v) is 3.51. The maximum Gasteiger partial charge on any atom is 1.00 e. The Kier molecular flexibility index (Phi) is 14.4. The van der Waals surface area contributed by atoms with E-state index in [2.05, 4.69) is 62.4 Å². The first kappa shape index (κ1) is 20.7. The Morgan fingerprint density at radius 1 is 0.667 bits per heavy atom. The number of fused-ring (bicyclic) bond motifs is 1. The molecule has 0 spiro atoms. The Morgan fingerprint density at radius 3 is 1.43 bits per heavy atom. The molecule has 0 atom stereocenters. The van der Waals surface area contributed by atoms with Crippen LogP contribution in [0.1, 0.15) is 58.3 Å². The average molecular weight is 292 g/mol. The summed E-state index contributed by atoms with van der Waals surface area (Å²) in [6, 6.07) is 16.7. The Labute approximate surface area is 153 Å². The van der Waals surface area contributed by atoms with Crippen LogP contribution in [0.4, 0.5) is 0 Å². The summed E-state index contributed by atoms with van der Waals surface area (Å²) in [7, 11) is 0. The van der Waals surface area contributed by atoms with Crippen LogP contribution in [0.15, 0.2) is 48.5 Å². The van der Waals surface area contributed by atoms with Gasteiger partial charge in [-0.1, -0.05) is 100 Å². The van der Waals surface area contributed by atoms with E-state index in [1.165, 1.54) is 55.7 Å². The predicted octanol–water partition coefficient (Wildman–Crippen LogP) is 3.80. The third-order valence-electron chi connectivity index (χ3n) is 3.51. The fourth-order valence-corrected chi connectivity index (χ4v) is 2.27. The molecule has 110 valence electrons. The summed E-state index contributed by atoms with van der Waals surface area (Å²) >= 11 is 0. The maximum absolute atomic E-state index is 3.82. The Bertz CT molecular complexity index is 377. The van der Waals surface area contributed by atoms with Crippen LogP contribution in [-0.4, -0.2) is 0 Å². The molecule has 2 rings (SSSR count). The van der Waals surface area contributed by atoms with Crippen LogP contribution in [0.5, 0.6) is 0 Å². The smallest absolute Gasteiger partial charge is 0.343 e. The molecule has 0 saturated carbocycles. The Balaban J connectivity index is 0.000000364. The van der Waals surface area contributed by atoms with Crippen molar-refractivity contribution in [2.24, 2.45) is 0 Å². The van der Waals surface area contributed by atoms with Crippen molar-refractivity contribution in [2.75, 3.05) is 0 Å². The SMILES string of the molecule is [CH2-]CCCCCCCCC.[Na+].c1ccc2ccccc2c1. The van der Waals surface area contributed by atoms with Gasteiger partial charge in [-0.25, -0.2) is 0 Å². The molecule has 0 aliphatic rings. The number of hydrogen-bond acceptors (Lipinski definition) is 0. The molecule has 0 fully saturated rings. The van der Waals surface area contributed by atoms with E-state index in [0.717, 1.165) is 6.42 Å². The molecule has 0 unspecified atom stereocenters. The first-order chi connectivity index (χ1) is 9.88. The third kappa shape index (κ3) is 10.1. The second-order valence-electron chi connectivity index (χ2n) is 5.32. The summed E-state index contributed by atoms with van der Waals surface area (Å²) in [5, 5.41) is 2.62. The molecule has 1 heteroatoms. The van der Waals surface area contributed by atoms with Crippen molar-refractivity contribution in [3.8, 4) is 0 Å². The molecule has 0 aliphatic heterocycles. The Morgan fingerprint density at radius 2 is 1.05 bits per heavy atom. The van der Waals surface area contributed by atoms with E-state index in [0.29, 0.717) is 0 Å². The predicted molar refractivity (Wildman–Crippen MR) is 91.9 cm³/mol. The van der Waals surface area contributed by atoms with E-state index >= 15 is 0 Å². The van der Waals surface area contributed by atoms with Crippen LogP contribution < -0.4 is 29.6 Å². The van der Waals surface area contributed by atoms with E-state index in [9.17, 15) is 0 Å². The van der Waals surface area contributed by atoms with Gasteiger partial charge in [0, 0.05) is 0 Å². The van der Waals surface area contributed by atoms with Gasteiger partial charge >= 0.3 is 29.6 Å². The summed E-state index contributed by atoms with van der Waals surface area (Å²) < 4.78 is 0. The second-order valence-corrected chi connectivity index (χ2v) is 5.32. The van der Waals surface area contributed by atoms with Gasteiger partial charge in [0.2, 0.25) is 0 Å². The molecule has 0 N–H and O–H groups in total. The molecular weight excluding hydrogens is 263 g/mol. The van der Waals surface area contributed by atoms with Crippen LogP contribution in [-0.2, 0) is 0 Å². The van der Waals surface area contributed by atoms with E-state index in [1.807, 2.05) is 0 Å². The van der Waals surface area contributed by atoms with Gasteiger partial charge in [0.15, 0.2) is 0 Å². The van der Waals surface area contributed by atoms with Crippen LogP contribution >= 0.6 is 0 Å². The minimum absolute atomic E-state index is 0. The molecule has 0 aliphatic carbocycles. The van der Waals surface area contributed by atoms with Crippen LogP contribution in [0, 0.1) is 6.92 Å². The zero-order valence-corrected chi connectivity index (χ0v) is 16.0. The van der Waals surface area contributed by atoms with Crippen molar-refractivity contribution < 1.29 is 29.6 Å². The van der Waals surface area contributed by atoms with Gasteiger partial charge in [-0.15, -0.1) is 0 Å². The molecule has 0 aromatic heterocycles. The number of unbranched alkanes of at least 4 members (excludes halogenated alkanes) is 7. The van der Waals surface area contributed by atoms with E-state index in [-0.39, 0.29) is 29.6 Å². The number of rotatable bonds is 7. The van der Waals surface area contributed by atoms with Crippen LogP contribution in [0.25, 0.3) is 10.8 Å². The number of benzene rings is 2. The second kappa shape index (κ2) is 14.6. The van der Waals surface area contributed by atoms with Gasteiger partial charge in [0.05, 0.1) is 0 Å². The maximum atomic E-state index is 3.82. The molecule has 0 nitrogen and oxygen atoms in total. The van der Waals surface area contributed by atoms with Gasteiger partial charge in [-0.2, -0.15) is 6.42 Å². The fraction of sp³-hybridized carbons (Fsp3) is 0.450. The topological polar surface area (TPSA) is 0 Å². The van der Waals surface area contributed by atoms with Crippen molar-refractivity contribution >= 4 is 10.8 Å². The molecule has 0 bridgehead atoms. The van der Waals surface area contributed by atoms with Crippen molar-refractivity contribution in [3.63, 3.8) is 0 Å². The van der Waals surface area contributed by atoms with Crippen LogP contribution in [0.3, 0.4) is 0 Å². The Hall–Kier alpha value is -0.300. The first-order valence-electron chi connectivity index (χ1n) is 8.11. The van der Waals surface area contributed by atoms with Crippen molar-refractivity contribution in [2.45, 2.75) is 58.3 Å². The van der Waals surface area contributed by atoms with Crippen molar-refractivity contribution in [1.82, 2.24) is 0 Å². The van der Waals surface area contributed by atoms with E-state index in [4.69, 9.17) is 0 Å². The normalized spacial score (nSPS) is 9.62. The monoisotopic (exact) mass is 292 g/mol. The molecule has 2 aromatic carbocycles. The number of hydrogen-bond donors (Lipinski definition) is 0. The van der Waals surface area contributed by atoms with Gasteiger partial charge in [0.25, 0.3) is 0 Å². The molecule has 2 aromatic rings. The first-order valence-corrected chi connectivity index (χ1v) is 8.11. The molecular formula is C20H29Na. The summed E-state index contributed by atoms with van der Waals surface area (Å²) in [6.07, 6.45) is 10.9. The fourth-order valence-electron chi connectivity index (χ4n) is 2.27. The summed E-state index contributed by atoms with van der Waals surface area (Å²) in [5.74, 6) is 0. The average Bonchev–Trinajstić information content (AvgIpc) is 2.52. The zero-order chi connectivity index (χ0) is 14.5. The molecule has 0 heterocycles. The summed E-state index contributed by atoms with van der Waals surface area (Å²) in [4.78, 5) is 0. The molecule has 0 amide bonds. The van der Waals surface area contributed by atoms with Gasteiger partial charge in [0.1, 0.15) is 0 Å². The minimum atomic E-state index is 0. The van der Waals surface area contributed by atoms with Gasteiger partial charge in [-0.05, 0) is 10.8 Å². The molecule has 0 saturated heterocycles. The van der Waals surface area contributed by atoms with E-state index in [1.54, 1.807) is 0 Å². The van der Waals surface area contributed by atoms with Crippen LogP contribution in [0.2, 0.25) is 0 Å². The quantitative estimate of drug-likeness (QED) is 0.413. The van der Waals surface area contributed by atoms with Gasteiger partial charge in [-0.3, -0.25) is 0 Å². The zero-order valence-electron chi connectivity index (χ0n) is 14.0. The largest absolute Gasteiger partial charge is 1.00 e. The van der Waals surface area contributed by atoms with Gasteiger partial charge < -0.3 is 6.92 Å². The molecule has 0 radical (unpaired) electrons. The standard InChI is InChI=1S/C10H8.C10H21.Na/c1-2-6-10-8-4-3-7-9(10)5-1;1-3-5-7-9-10-8-6-4-2;/h1-8H;1,3-10H2,2H3;/q;-1;+1. The summed E-state index contributed by atoms with van der Waals surface area (Å²) in [5.41, 5.74) is 0. The molecule has 21 heavy (non-hydrogen) atoms. The van der Waals surface area contributed by atoms with E-state index < -0.39 is 0 Å². The van der Waals surface area contributed by atoms with Crippen molar-refractivity contribution in [1.29, 1.82) is 0 Å². The minimum Gasteiger partial charge on any atom is -0.343 e.